The number of piperidine rings is 1. The first-order valence-corrected chi connectivity index (χ1v) is 11.0. The first kappa shape index (κ1) is 22.4. The molecule has 2 aliphatic heterocycles. The lowest BCUT2D eigenvalue weighted by molar-refractivity contribution is -0.139. The second-order valence-electron chi connectivity index (χ2n) is 8.41. The molecule has 0 N–H and O–H groups in total. The third-order valence-electron chi connectivity index (χ3n) is 6.10. The number of methoxy groups -OCH3 is 1. The highest BCUT2D eigenvalue weighted by molar-refractivity contribution is 5.78. The van der Waals surface area contributed by atoms with E-state index < -0.39 is 0 Å². The van der Waals surface area contributed by atoms with Gasteiger partial charge in [-0.15, -0.1) is 0 Å². The van der Waals surface area contributed by atoms with Crippen LogP contribution in [0.4, 0.5) is 4.79 Å². The van der Waals surface area contributed by atoms with Crippen LogP contribution in [0.2, 0.25) is 0 Å². The van der Waals surface area contributed by atoms with Crippen molar-refractivity contribution >= 4 is 11.9 Å². The van der Waals surface area contributed by atoms with Crippen molar-refractivity contribution in [2.45, 2.75) is 50.6 Å². The summed E-state index contributed by atoms with van der Waals surface area (Å²) in [6.45, 7) is 2.76. The molecule has 2 aliphatic rings. The second-order valence-corrected chi connectivity index (χ2v) is 8.41. The Balaban J connectivity index is 1.69. The van der Waals surface area contributed by atoms with Crippen molar-refractivity contribution < 1.29 is 19.1 Å². The molecule has 1 unspecified atom stereocenters. The molecule has 1 atom stereocenters. The second kappa shape index (κ2) is 10.7. The van der Waals surface area contributed by atoms with Crippen LogP contribution in [0.5, 0.6) is 5.75 Å². The molecule has 2 fully saturated rings. The number of benzene rings is 1. The van der Waals surface area contributed by atoms with E-state index in [-0.39, 0.29) is 24.0 Å². The van der Waals surface area contributed by atoms with Crippen LogP contribution >= 0.6 is 0 Å². The molecule has 0 aromatic heterocycles. The van der Waals surface area contributed by atoms with E-state index in [1.54, 1.807) is 26.1 Å². The van der Waals surface area contributed by atoms with Crippen LogP contribution in [-0.2, 0) is 16.0 Å². The predicted molar refractivity (Wildman–Crippen MR) is 116 cm³/mol. The Bertz CT molecular complexity index is 701. The minimum atomic E-state index is 0.0253. The molecule has 0 bridgehead atoms. The van der Waals surface area contributed by atoms with Gasteiger partial charge in [-0.3, -0.25) is 4.79 Å². The van der Waals surface area contributed by atoms with Crippen LogP contribution in [0.3, 0.4) is 0 Å². The van der Waals surface area contributed by atoms with Gasteiger partial charge < -0.3 is 24.2 Å². The van der Waals surface area contributed by atoms with E-state index in [9.17, 15) is 9.59 Å². The molecule has 0 spiro atoms. The molecule has 1 aromatic carbocycles. The van der Waals surface area contributed by atoms with E-state index in [0.29, 0.717) is 32.6 Å². The van der Waals surface area contributed by atoms with Crippen molar-refractivity contribution in [2.24, 2.45) is 0 Å². The van der Waals surface area contributed by atoms with Crippen LogP contribution in [0.15, 0.2) is 24.3 Å². The average molecular weight is 418 g/mol. The number of hydrogen-bond acceptors (Lipinski definition) is 4. The number of rotatable bonds is 6. The quantitative estimate of drug-likeness (QED) is 0.714. The Morgan fingerprint density at radius 2 is 1.80 bits per heavy atom. The average Bonchev–Trinajstić information content (AvgIpc) is 2.78. The lowest BCUT2D eigenvalue weighted by Crippen LogP contribution is -2.57. The monoisotopic (exact) mass is 417 g/mol. The lowest BCUT2D eigenvalue weighted by atomic mass is 9.97. The van der Waals surface area contributed by atoms with Crippen molar-refractivity contribution in [3.63, 3.8) is 0 Å². The van der Waals surface area contributed by atoms with Crippen LogP contribution in [0.1, 0.15) is 37.7 Å². The molecule has 2 saturated heterocycles. The number of carbonyl (C=O) groups excluding carboxylic acids is 2. The van der Waals surface area contributed by atoms with Gasteiger partial charge in [0.05, 0.1) is 7.11 Å². The molecule has 3 rings (SSSR count). The Labute approximate surface area is 179 Å². The molecule has 1 aromatic rings. The van der Waals surface area contributed by atoms with Crippen molar-refractivity contribution in [2.75, 3.05) is 47.5 Å². The summed E-state index contributed by atoms with van der Waals surface area (Å²) in [6, 6.07) is 8.20. The third kappa shape index (κ3) is 5.65. The topological polar surface area (TPSA) is 62.3 Å². The summed E-state index contributed by atoms with van der Waals surface area (Å²) >= 11 is 0. The summed E-state index contributed by atoms with van der Waals surface area (Å²) in [7, 11) is 5.21. The van der Waals surface area contributed by atoms with E-state index in [1.807, 2.05) is 29.2 Å². The molecule has 3 amide bonds. The number of amides is 3. The zero-order valence-corrected chi connectivity index (χ0v) is 18.5. The number of hydrogen-bond donors (Lipinski definition) is 0. The Morgan fingerprint density at radius 3 is 2.43 bits per heavy atom. The highest BCUT2D eigenvalue weighted by atomic mass is 16.5. The number of urea groups is 1. The van der Waals surface area contributed by atoms with Gasteiger partial charge in [0.1, 0.15) is 5.75 Å². The SMILES string of the molecule is COc1ccc(CCC(=O)N(C2CCOCC2)C2CCCN(C(=O)N(C)C)C2)cc1. The summed E-state index contributed by atoms with van der Waals surface area (Å²) in [5, 5.41) is 0. The fourth-order valence-corrected chi connectivity index (χ4v) is 4.48. The molecule has 7 heteroatoms. The van der Waals surface area contributed by atoms with Gasteiger partial charge in [0.15, 0.2) is 0 Å². The van der Waals surface area contributed by atoms with E-state index in [1.165, 1.54) is 0 Å². The fraction of sp³-hybridized carbons (Fsp3) is 0.652. The Kier molecular flexibility index (Phi) is 7.96. The van der Waals surface area contributed by atoms with Gasteiger partial charge in [0.2, 0.25) is 5.91 Å². The van der Waals surface area contributed by atoms with Crippen LogP contribution in [0.25, 0.3) is 0 Å². The van der Waals surface area contributed by atoms with Crippen molar-refractivity contribution in [1.82, 2.24) is 14.7 Å². The summed E-state index contributed by atoms with van der Waals surface area (Å²) in [6.07, 6.45) is 4.79. The summed E-state index contributed by atoms with van der Waals surface area (Å²) in [5.41, 5.74) is 1.13. The van der Waals surface area contributed by atoms with Crippen LogP contribution in [-0.4, -0.2) is 86.2 Å². The van der Waals surface area contributed by atoms with Gasteiger partial charge in [-0.05, 0) is 49.8 Å². The maximum Gasteiger partial charge on any atom is 0.319 e. The first-order valence-electron chi connectivity index (χ1n) is 11.0. The first-order chi connectivity index (χ1) is 14.5. The zero-order valence-electron chi connectivity index (χ0n) is 18.5. The smallest absolute Gasteiger partial charge is 0.319 e. The van der Waals surface area contributed by atoms with Crippen LogP contribution < -0.4 is 4.74 Å². The van der Waals surface area contributed by atoms with Gasteiger partial charge in [0.25, 0.3) is 0 Å². The minimum Gasteiger partial charge on any atom is -0.497 e. The fourth-order valence-electron chi connectivity index (χ4n) is 4.48. The summed E-state index contributed by atoms with van der Waals surface area (Å²) in [4.78, 5) is 31.5. The molecular weight excluding hydrogens is 382 g/mol. The molecule has 0 aliphatic carbocycles. The van der Waals surface area contributed by atoms with E-state index in [2.05, 4.69) is 4.90 Å². The third-order valence-corrected chi connectivity index (χ3v) is 6.10. The van der Waals surface area contributed by atoms with Gasteiger partial charge in [-0.2, -0.15) is 0 Å². The largest absolute Gasteiger partial charge is 0.497 e. The normalized spacial score (nSPS) is 20.0. The molecular formula is C23H35N3O4. The maximum absolute atomic E-state index is 13.4. The maximum atomic E-state index is 13.4. The highest BCUT2D eigenvalue weighted by Gasteiger charge is 2.35. The Hall–Kier alpha value is -2.28. The van der Waals surface area contributed by atoms with Crippen LogP contribution in [0, 0.1) is 0 Å². The Morgan fingerprint density at radius 1 is 1.10 bits per heavy atom. The summed E-state index contributed by atoms with van der Waals surface area (Å²) < 4.78 is 10.8. The predicted octanol–water partition coefficient (Wildman–Crippen LogP) is 2.78. The van der Waals surface area contributed by atoms with Crippen molar-refractivity contribution in [3.8, 4) is 5.75 Å². The zero-order chi connectivity index (χ0) is 21.5. The molecule has 2 heterocycles. The molecule has 0 radical (unpaired) electrons. The number of ether oxygens (including phenoxy) is 2. The van der Waals surface area contributed by atoms with Gasteiger partial charge >= 0.3 is 6.03 Å². The lowest BCUT2D eigenvalue weighted by Gasteiger charge is -2.44. The summed E-state index contributed by atoms with van der Waals surface area (Å²) in [5.74, 6) is 1.00. The number of carbonyl (C=O) groups is 2. The van der Waals surface area contributed by atoms with Crippen molar-refractivity contribution in [1.29, 1.82) is 0 Å². The molecule has 7 nitrogen and oxygen atoms in total. The van der Waals surface area contributed by atoms with E-state index >= 15 is 0 Å². The van der Waals surface area contributed by atoms with Gasteiger partial charge in [-0.25, -0.2) is 4.79 Å². The molecule has 0 saturated carbocycles. The minimum absolute atomic E-state index is 0.0253. The van der Waals surface area contributed by atoms with Crippen molar-refractivity contribution in [3.05, 3.63) is 29.8 Å². The van der Waals surface area contributed by atoms with E-state index in [0.717, 1.165) is 43.5 Å². The standard InChI is InChI=1S/C23H35N3O4/c1-24(2)23(28)25-14-4-5-20(17-25)26(19-12-15-30-16-13-19)22(27)11-8-18-6-9-21(29-3)10-7-18/h6-7,9-10,19-20H,4-5,8,11-17H2,1-3H3. The number of nitrogens with zero attached hydrogens (tertiary/aromatic N) is 3. The van der Waals surface area contributed by atoms with E-state index in [4.69, 9.17) is 9.47 Å². The van der Waals surface area contributed by atoms with Gasteiger partial charge in [0, 0.05) is 58.9 Å². The molecule has 30 heavy (non-hydrogen) atoms. The van der Waals surface area contributed by atoms with Gasteiger partial charge in [-0.1, -0.05) is 12.1 Å². The highest BCUT2D eigenvalue weighted by Crippen LogP contribution is 2.25. The molecule has 166 valence electrons. The number of likely N-dealkylation sites (tertiary alicyclic amines) is 1. The number of aryl methyl sites for hydroxylation is 1.